The standard InChI is InChI=1S/C39H36O16S2.2Na/c1-5-52-28-9-7-20(11-30(28)56(46,47)48)26-16-54-38-22(18(3)24(14-40)34(42)32(38)36(26)44)13-23-19(4)25(15-41)35(43)33-37(45)27(17-55-39(23)33)21-8-10-29(53-6-2)31(12-21)57(49,50)51;;/h7-12,16-17,40-43H,5-6,13-15H2,1-4H3,(H,46,47,48)(H,49,50,51);;/q;2*+1/p-2. The average Bonchev–Trinajstić information content (AvgIpc) is 3.14. The third kappa shape index (κ3) is 8.73. The number of aromatic hydroxyl groups is 2. The first-order valence-corrected chi connectivity index (χ1v) is 20.0. The molecule has 0 saturated heterocycles. The van der Waals surface area contributed by atoms with Gasteiger partial charge in [-0.05, 0) is 74.2 Å². The molecule has 0 aliphatic heterocycles. The van der Waals surface area contributed by atoms with E-state index in [0.717, 1.165) is 24.7 Å². The summed E-state index contributed by atoms with van der Waals surface area (Å²) in [6.07, 6.45) is 1.76. The van der Waals surface area contributed by atoms with Crippen LogP contribution in [-0.4, -0.2) is 59.6 Å². The van der Waals surface area contributed by atoms with Crippen molar-refractivity contribution in [1.29, 1.82) is 0 Å². The van der Waals surface area contributed by atoms with Crippen LogP contribution in [-0.2, 0) is 39.9 Å². The maximum Gasteiger partial charge on any atom is 1.00 e. The van der Waals surface area contributed by atoms with Crippen LogP contribution in [0.4, 0.5) is 0 Å². The topological polar surface area (TPSA) is 274 Å². The predicted octanol–water partition coefficient (Wildman–Crippen LogP) is -1.55. The second kappa shape index (κ2) is 18.5. The Morgan fingerprint density at radius 3 is 1.29 bits per heavy atom. The van der Waals surface area contributed by atoms with Gasteiger partial charge in [-0.2, -0.15) is 0 Å². The number of ether oxygens (including phenoxy) is 2. The summed E-state index contributed by atoms with van der Waals surface area (Å²) in [6.45, 7) is 4.78. The minimum absolute atomic E-state index is 0. The summed E-state index contributed by atoms with van der Waals surface area (Å²) in [5.74, 6) is -1.74. The summed E-state index contributed by atoms with van der Waals surface area (Å²) in [4.78, 5) is 26.8. The number of benzene rings is 4. The van der Waals surface area contributed by atoms with E-state index in [2.05, 4.69) is 0 Å². The molecule has 2 heterocycles. The van der Waals surface area contributed by atoms with Crippen LogP contribution in [0.5, 0.6) is 23.0 Å². The van der Waals surface area contributed by atoms with E-state index in [1.807, 2.05) is 0 Å². The Morgan fingerprint density at radius 1 is 0.627 bits per heavy atom. The molecule has 0 spiro atoms. The first-order valence-electron chi connectivity index (χ1n) is 17.1. The molecule has 6 aromatic rings. The SMILES string of the molecule is CCOc1ccc(-c2coc3c(Cc4c(C)c(CO)c(O)c5c(=O)c(-c6ccc(OCC)c(S(=O)(=O)[O-])c6)coc45)c(C)c(CO)c(O)c3c2=O)cc1S(=O)(=O)[O-].[Na+].[Na+]. The Labute approximate surface area is 381 Å². The summed E-state index contributed by atoms with van der Waals surface area (Å²) < 4.78 is 95.0. The van der Waals surface area contributed by atoms with Crippen LogP contribution >= 0.6 is 0 Å². The largest absolute Gasteiger partial charge is 1.00 e. The van der Waals surface area contributed by atoms with E-state index in [4.69, 9.17) is 18.3 Å². The van der Waals surface area contributed by atoms with Crippen molar-refractivity contribution in [2.75, 3.05) is 13.2 Å². The van der Waals surface area contributed by atoms with Gasteiger partial charge in [0.2, 0.25) is 10.9 Å². The average molecular weight is 869 g/mol. The van der Waals surface area contributed by atoms with Crippen LogP contribution in [0.1, 0.15) is 47.2 Å². The normalized spacial score (nSPS) is 11.7. The van der Waals surface area contributed by atoms with Crippen LogP contribution in [0, 0.1) is 13.8 Å². The van der Waals surface area contributed by atoms with Gasteiger partial charge in [0, 0.05) is 28.7 Å². The molecule has 6 rings (SSSR count). The fourth-order valence-electron chi connectivity index (χ4n) is 6.85. The fraction of sp³-hybridized carbons (Fsp3) is 0.231. The van der Waals surface area contributed by atoms with E-state index < -0.39 is 76.4 Å². The molecule has 16 nitrogen and oxygen atoms in total. The number of aliphatic hydroxyl groups is 2. The summed E-state index contributed by atoms with van der Waals surface area (Å²) in [6, 6.07) is 6.92. The predicted molar refractivity (Wildman–Crippen MR) is 202 cm³/mol. The maximum absolute atomic E-state index is 14.1. The molecule has 0 bridgehead atoms. The minimum Gasteiger partial charge on any atom is -0.744 e. The molecule has 0 unspecified atom stereocenters. The molecule has 2 aromatic heterocycles. The fourth-order valence-corrected chi connectivity index (χ4v) is 8.14. The number of aliphatic hydroxyl groups excluding tert-OH is 2. The van der Waals surface area contributed by atoms with Crippen molar-refractivity contribution in [2.24, 2.45) is 0 Å². The molecule has 0 amide bonds. The molecule has 59 heavy (non-hydrogen) atoms. The van der Waals surface area contributed by atoms with E-state index in [9.17, 15) is 56.0 Å². The Kier molecular flexibility index (Phi) is 15.0. The molecular formula is C39H34Na2O16S2. The molecule has 20 heteroatoms. The van der Waals surface area contributed by atoms with Gasteiger partial charge in [-0.15, -0.1) is 0 Å². The molecule has 0 aliphatic carbocycles. The van der Waals surface area contributed by atoms with Crippen molar-refractivity contribution in [3.63, 3.8) is 0 Å². The van der Waals surface area contributed by atoms with E-state index in [0.29, 0.717) is 0 Å². The second-order valence-electron chi connectivity index (χ2n) is 12.8. The number of hydrogen-bond acceptors (Lipinski definition) is 16. The number of phenols is 2. The van der Waals surface area contributed by atoms with Gasteiger partial charge in [0.1, 0.15) is 77.7 Å². The van der Waals surface area contributed by atoms with E-state index in [-0.39, 0.29) is 157 Å². The Bertz CT molecular complexity index is 2780. The first kappa shape index (κ1) is 47.9. The van der Waals surface area contributed by atoms with Crippen molar-refractivity contribution >= 4 is 42.2 Å². The molecule has 0 fully saturated rings. The molecule has 0 aliphatic rings. The Balaban J connectivity index is 0.00000384. The Morgan fingerprint density at radius 2 is 0.983 bits per heavy atom. The van der Waals surface area contributed by atoms with Crippen LogP contribution < -0.4 is 79.4 Å². The van der Waals surface area contributed by atoms with Crippen molar-refractivity contribution in [3.05, 3.63) is 103 Å². The smallest absolute Gasteiger partial charge is 0.744 e. The van der Waals surface area contributed by atoms with Crippen molar-refractivity contribution in [2.45, 2.75) is 57.1 Å². The molecule has 0 saturated carbocycles. The monoisotopic (exact) mass is 868 g/mol. The number of hydrogen-bond donors (Lipinski definition) is 4. The van der Waals surface area contributed by atoms with Crippen molar-refractivity contribution in [1.82, 2.24) is 0 Å². The van der Waals surface area contributed by atoms with Gasteiger partial charge in [0.05, 0.1) is 47.3 Å². The van der Waals surface area contributed by atoms with Gasteiger partial charge >= 0.3 is 59.1 Å². The van der Waals surface area contributed by atoms with Gasteiger partial charge in [0.25, 0.3) is 0 Å². The molecule has 0 atom stereocenters. The number of rotatable bonds is 12. The third-order valence-electron chi connectivity index (χ3n) is 9.71. The van der Waals surface area contributed by atoms with Gasteiger partial charge in [-0.3, -0.25) is 9.59 Å². The van der Waals surface area contributed by atoms with Gasteiger partial charge in [-0.25, -0.2) is 16.8 Å². The van der Waals surface area contributed by atoms with E-state index in [1.54, 1.807) is 13.8 Å². The maximum atomic E-state index is 14.1. The zero-order chi connectivity index (χ0) is 41.7. The van der Waals surface area contributed by atoms with Crippen LogP contribution in [0.2, 0.25) is 0 Å². The zero-order valence-corrected chi connectivity index (χ0v) is 38.3. The molecule has 300 valence electrons. The van der Waals surface area contributed by atoms with Gasteiger partial charge in [-0.1, -0.05) is 12.1 Å². The molecule has 0 radical (unpaired) electrons. The molecular weight excluding hydrogens is 835 g/mol. The molecule has 4 N–H and O–H groups in total. The van der Waals surface area contributed by atoms with Crippen molar-refractivity contribution < 1.29 is 124 Å². The summed E-state index contributed by atoms with van der Waals surface area (Å²) >= 11 is 0. The van der Waals surface area contributed by atoms with Crippen LogP contribution in [0.25, 0.3) is 44.2 Å². The first-order chi connectivity index (χ1) is 26.9. The van der Waals surface area contributed by atoms with E-state index >= 15 is 0 Å². The zero-order valence-electron chi connectivity index (χ0n) is 32.7. The second-order valence-corrected chi connectivity index (χ2v) is 15.5. The summed E-state index contributed by atoms with van der Waals surface area (Å²) in [5.41, 5.74) is -1.95. The summed E-state index contributed by atoms with van der Waals surface area (Å²) in [7, 11) is -10.1. The number of fused-ring (bicyclic) bond motifs is 2. The quantitative estimate of drug-likeness (QED) is 0.0801. The Hall–Kier alpha value is -3.76. The van der Waals surface area contributed by atoms with E-state index in [1.165, 1.54) is 38.1 Å². The third-order valence-corrected chi connectivity index (χ3v) is 11.4. The van der Waals surface area contributed by atoms with Crippen LogP contribution in [0.15, 0.2) is 77.1 Å². The summed E-state index contributed by atoms with van der Waals surface area (Å²) in [5, 5.41) is 42.6. The molecule has 4 aromatic carbocycles. The van der Waals surface area contributed by atoms with Gasteiger partial charge < -0.3 is 47.8 Å². The van der Waals surface area contributed by atoms with Crippen molar-refractivity contribution in [3.8, 4) is 45.3 Å². The minimum atomic E-state index is -5.07. The van der Waals surface area contributed by atoms with Gasteiger partial charge in [0.15, 0.2) is 0 Å². The van der Waals surface area contributed by atoms with Crippen LogP contribution in [0.3, 0.4) is 0 Å².